The molecule has 0 spiro atoms. The van der Waals surface area contributed by atoms with Crippen LogP contribution in [0.3, 0.4) is 0 Å². The van der Waals surface area contributed by atoms with Crippen molar-refractivity contribution in [2.24, 2.45) is 0 Å². The molecule has 0 saturated carbocycles. The molecule has 0 atom stereocenters. The van der Waals surface area contributed by atoms with Crippen molar-refractivity contribution in [1.29, 1.82) is 0 Å². The van der Waals surface area contributed by atoms with Gasteiger partial charge in [-0.25, -0.2) is 9.78 Å². The van der Waals surface area contributed by atoms with Crippen LogP contribution in [0.15, 0.2) is 36.5 Å². The molecule has 0 unspecified atom stereocenters. The molecule has 0 aliphatic heterocycles. The molecule has 2 rings (SSSR count). The average molecular weight is 343 g/mol. The Morgan fingerprint density at radius 3 is 2.68 bits per heavy atom. The van der Waals surface area contributed by atoms with Gasteiger partial charge in [-0.05, 0) is 43.2 Å². The second-order valence-electron chi connectivity index (χ2n) is 5.53. The minimum Gasteiger partial charge on any atom is -0.453 e. The van der Waals surface area contributed by atoms with Crippen LogP contribution in [0.1, 0.15) is 11.1 Å². The zero-order chi connectivity index (χ0) is 18.4. The van der Waals surface area contributed by atoms with Crippen LogP contribution in [0.4, 0.5) is 10.5 Å². The molecule has 2 amide bonds. The van der Waals surface area contributed by atoms with Gasteiger partial charge in [-0.2, -0.15) is 0 Å². The number of hydrogen-bond acceptors (Lipinski definition) is 5. The number of carbonyl (C=O) groups is 2. The van der Waals surface area contributed by atoms with Crippen molar-refractivity contribution in [2.75, 3.05) is 26.0 Å². The van der Waals surface area contributed by atoms with Gasteiger partial charge in [0.15, 0.2) is 0 Å². The van der Waals surface area contributed by atoms with Crippen molar-refractivity contribution in [3.63, 3.8) is 0 Å². The number of nitrogens with zero attached hydrogens (tertiary/aromatic N) is 2. The summed E-state index contributed by atoms with van der Waals surface area (Å²) >= 11 is 0. The minimum absolute atomic E-state index is 0.148. The van der Waals surface area contributed by atoms with Crippen LogP contribution in [0.2, 0.25) is 0 Å². The van der Waals surface area contributed by atoms with Crippen molar-refractivity contribution in [3.05, 3.63) is 47.7 Å². The molecule has 1 heterocycles. The summed E-state index contributed by atoms with van der Waals surface area (Å²) in [5, 5.41) is 2.70. The summed E-state index contributed by atoms with van der Waals surface area (Å²) in [6, 6.07) is 9.10. The fraction of sp³-hybridized carbons (Fsp3) is 0.278. The van der Waals surface area contributed by atoms with Crippen LogP contribution in [0.5, 0.6) is 11.6 Å². The molecular weight excluding hydrogens is 322 g/mol. The van der Waals surface area contributed by atoms with E-state index < -0.39 is 6.09 Å². The Bertz CT molecular complexity index is 777. The first-order valence-electron chi connectivity index (χ1n) is 7.70. The Morgan fingerprint density at radius 1 is 1.20 bits per heavy atom. The summed E-state index contributed by atoms with van der Waals surface area (Å²) < 4.78 is 10.4. The van der Waals surface area contributed by atoms with E-state index in [0.717, 1.165) is 16.0 Å². The first-order chi connectivity index (χ1) is 11.9. The number of carbonyl (C=O) groups excluding carboxylic acids is 2. The van der Waals surface area contributed by atoms with E-state index in [4.69, 9.17) is 4.74 Å². The topological polar surface area (TPSA) is 80.8 Å². The van der Waals surface area contributed by atoms with Gasteiger partial charge < -0.3 is 19.7 Å². The molecule has 1 N–H and O–H groups in total. The van der Waals surface area contributed by atoms with Gasteiger partial charge in [0, 0.05) is 13.2 Å². The van der Waals surface area contributed by atoms with E-state index >= 15 is 0 Å². The number of rotatable bonds is 5. The maximum Gasteiger partial charge on any atom is 0.409 e. The molecule has 1 aromatic heterocycles. The predicted octanol–water partition coefficient (Wildman–Crippen LogP) is 3.13. The van der Waals surface area contributed by atoms with Gasteiger partial charge in [-0.3, -0.25) is 4.79 Å². The number of aryl methyl sites for hydroxylation is 1. The van der Waals surface area contributed by atoms with E-state index in [2.05, 4.69) is 15.0 Å². The maximum absolute atomic E-state index is 12.1. The SMILES string of the molecule is COC(=O)N(C)CC(=O)Nc1cccnc1Oc1cccc(C)c1C. The Morgan fingerprint density at radius 2 is 1.96 bits per heavy atom. The number of amides is 2. The number of hydrogen-bond donors (Lipinski definition) is 1. The van der Waals surface area contributed by atoms with Gasteiger partial charge in [-0.1, -0.05) is 12.1 Å². The van der Waals surface area contributed by atoms with Crippen LogP contribution < -0.4 is 10.1 Å². The minimum atomic E-state index is -0.590. The van der Waals surface area contributed by atoms with Crippen LogP contribution in [-0.4, -0.2) is 42.6 Å². The molecular formula is C18H21N3O4. The second kappa shape index (κ2) is 8.14. The molecule has 25 heavy (non-hydrogen) atoms. The third kappa shape index (κ3) is 4.69. The number of nitrogens with one attached hydrogen (secondary N) is 1. The van der Waals surface area contributed by atoms with Crippen molar-refractivity contribution in [2.45, 2.75) is 13.8 Å². The number of methoxy groups -OCH3 is 1. The molecule has 132 valence electrons. The number of likely N-dealkylation sites (N-methyl/N-ethyl adjacent to an activating group) is 1. The third-order valence-corrected chi connectivity index (χ3v) is 3.67. The second-order valence-corrected chi connectivity index (χ2v) is 5.53. The lowest BCUT2D eigenvalue weighted by molar-refractivity contribution is -0.116. The smallest absolute Gasteiger partial charge is 0.409 e. The Labute approximate surface area is 146 Å². The standard InChI is InChI=1S/C18H21N3O4/c1-12-7-5-9-15(13(12)2)25-17-14(8-6-10-19-17)20-16(22)11-21(3)18(23)24-4/h5-10H,11H2,1-4H3,(H,20,22). The number of aromatic nitrogens is 1. The zero-order valence-corrected chi connectivity index (χ0v) is 14.7. The molecule has 0 aliphatic carbocycles. The van der Waals surface area contributed by atoms with E-state index in [1.807, 2.05) is 32.0 Å². The number of pyridine rings is 1. The van der Waals surface area contributed by atoms with E-state index in [-0.39, 0.29) is 18.3 Å². The first kappa shape index (κ1) is 18.3. The third-order valence-electron chi connectivity index (χ3n) is 3.67. The Hall–Kier alpha value is -3.09. The lowest BCUT2D eigenvalue weighted by Gasteiger charge is -2.16. The number of ether oxygens (including phenoxy) is 2. The van der Waals surface area contributed by atoms with Gasteiger partial charge >= 0.3 is 6.09 Å². The quantitative estimate of drug-likeness (QED) is 0.902. The van der Waals surface area contributed by atoms with Crippen molar-refractivity contribution in [1.82, 2.24) is 9.88 Å². The van der Waals surface area contributed by atoms with E-state index in [1.165, 1.54) is 14.2 Å². The molecule has 0 saturated heterocycles. The summed E-state index contributed by atoms with van der Waals surface area (Å²) in [6.45, 7) is 3.80. The highest BCUT2D eigenvalue weighted by atomic mass is 16.5. The molecule has 0 bridgehead atoms. The highest BCUT2D eigenvalue weighted by molar-refractivity contribution is 5.94. The van der Waals surface area contributed by atoms with E-state index in [9.17, 15) is 9.59 Å². The monoisotopic (exact) mass is 343 g/mol. The van der Waals surface area contributed by atoms with Gasteiger partial charge in [0.2, 0.25) is 11.8 Å². The maximum atomic E-state index is 12.1. The lowest BCUT2D eigenvalue weighted by Crippen LogP contribution is -2.34. The molecule has 0 radical (unpaired) electrons. The first-order valence-corrected chi connectivity index (χ1v) is 7.70. The normalized spacial score (nSPS) is 10.1. The van der Waals surface area contributed by atoms with Gasteiger partial charge in [0.25, 0.3) is 0 Å². The van der Waals surface area contributed by atoms with Crippen LogP contribution in [0, 0.1) is 13.8 Å². The van der Waals surface area contributed by atoms with E-state index in [0.29, 0.717) is 11.4 Å². The van der Waals surface area contributed by atoms with Crippen LogP contribution >= 0.6 is 0 Å². The molecule has 0 fully saturated rings. The molecule has 7 heteroatoms. The van der Waals surface area contributed by atoms with E-state index in [1.54, 1.807) is 18.3 Å². The van der Waals surface area contributed by atoms with Crippen molar-refractivity contribution in [3.8, 4) is 11.6 Å². The van der Waals surface area contributed by atoms with Crippen LogP contribution in [-0.2, 0) is 9.53 Å². The van der Waals surface area contributed by atoms with Gasteiger partial charge in [0.1, 0.15) is 18.0 Å². The number of benzene rings is 1. The average Bonchev–Trinajstić information content (AvgIpc) is 2.59. The zero-order valence-electron chi connectivity index (χ0n) is 14.7. The molecule has 0 aliphatic rings. The summed E-state index contributed by atoms with van der Waals surface area (Å²) in [5.41, 5.74) is 2.52. The fourth-order valence-electron chi connectivity index (χ4n) is 2.13. The predicted molar refractivity (Wildman–Crippen MR) is 93.9 cm³/mol. The summed E-state index contributed by atoms with van der Waals surface area (Å²) in [4.78, 5) is 28.8. The van der Waals surface area contributed by atoms with Crippen molar-refractivity contribution < 1.29 is 19.1 Å². The van der Waals surface area contributed by atoms with Gasteiger partial charge in [0.05, 0.1) is 7.11 Å². The highest BCUT2D eigenvalue weighted by Gasteiger charge is 2.15. The van der Waals surface area contributed by atoms with Crippen molar-refractivity contribution >= 4 is 17.7 Å². The molecule has 7 nitrogen and oxygen atoms in total. The number of anilines is 1. The highest BCUT2D eigenvalue weighted by Crippen LogP contribution is 2.30. The largest absolute Gasteiger partial charge is 0.453 e. The fourth-order valence-corrected chi connectivity index (χ4v) is 2.13. The summed E-state index contributed by atoms with van der Waals surface area (Å²) in [6.07, 6.45) is 0.990. The summed E-state index contributed by atoms with van der Waals surface area (Å²) in [5.74, 6) is 0.567. The summed E-state index contributed by atoms with van der Waals surface area (Å²) in [7, 11) is 2.73. The van der Waals surface area contributed by atoms with Gasteiger partial charge in [-0.15, -0.1) is 0 Å². The lowest BCUT2D eigenvalue weighted by atomic mass is 10.1. The molecule has 1 aromatic carbocycles. The Kier molecular flexibility index (Phi) is 5.94. The molecule has 2 aromatic rings. The Balaban J connectivity index is 2.14. The van der Waals surface area contributed by atoms with Crippen LogP contribution in [0.25, 0.3) is 0 Å².